The van der Waals surface area contributed by atoms with Crippen molar-refractivity contribution in [2.45, 2.75) is 25.5 Å². The van der Waals surface area contributed by atoms with Crippen LogP contribution in [0.3, 0.4) is 0 Å². The lowest BCUT2D eigenvalue weighted by atomic mass is 10.0. The highest BCUT2D eigenvalue weighted by Crippen LogP contribution is 2.22. The Hall–Kier alpha value is -0.620. The Kier molecular flexibility index (Phi) is 4.84. The Morgan fingerprint density at radius 1 is 1.53 bits per heavy atom. The van der Waals surface area contributed by atoms with E-state index in [9.17, 15) is 0 Å². The maximum absolute atomic E-state index is 6.30. The van der Waals surface area contributed by atoms with Crippen molar-refractivity contribution in [3.63, 3.8) is 0 Å². The fraction of sp³-hybridized carbons (Fsp3) is 0.769. The fourth-order valence-electron chi connectivity index (χ4n) is 2.60. The maximum Gasteiger partial charge on any atom is 0.130 e. The van der Waals surface area contributed by atoms with Gasteiger partial charge in [-0.2, -0.15) is 5.10 Å². The van der Waals surface area contributed by atoms with Gasteiger partial charge in [0.2, 0.25) is 0 Å². The van der Waals surface area contributed by atoms with E-state index in [4.69, 9.17) is 16.3 Å². The van der Waals surface area contributed by atoms with E-state index < -0.39 is 0 Å². The van der Waals surface area contributed by atoms with E-state index in [0.717, 1.165) is 42.5 Å². The van der Waals surface area contributed by atoms with Crippen LogP contribution in [0.2, 0.25) is 5.15 Å². The summed E-state index contributed by atoms with van der Waals surface area (Å²) in [6.45, 7) is 4.74. The summed E-state index contributed by atoms with van der Waals surface area (Å²) in [7, 11) is 5.98. The standard InChI is InChI=1S/C13H23ClN4O/c1-9-10(13(14)18(4)16-9)7-11(15-2)12-8-17(3)5-6-19-12/h11-12,15H,5-8H2,1-4H3. The van der Waals surface area contributed by atoms with Crippen LogP contribution in [-0.2, 0) is 18.2 Å². The van der Waals surface area contributed by atoms with Crippen LogP contribution in [0.4, 0.5) is 0 Å². The zero-order chi connectivity index (χ0) is 14.0. The van der Waals surface area contributed by atoms with Gasteiger partial charge in [-0.1, -0.05) is 11.6 Å². The molecule has 108 valence electrons. The van der Waals surface area contributed by atoms with Crippen LogP contribution in [0.1, 0.15) is 11.3 Å². The number of hydrogen-bond acceptors (Lipinski definition) is 4. The van der Waals surface area contributed by atoms with Crippen molar-refractivity contribution in [2.75, 3.05) is 33.8 Å². The van der Waals surface area contributed by atoms with Crippen molar-refractivity contribution < 1.29 is 4.74 Å². The van der Waals surface area contributed by atoms with Crippen LogP contribution < -0.4 is 5.32 Å². The second kappa shape index (κ2) is 6.22. The number of halogens is 1. The van der Waals surface area contributed by atoms with Crippen molar-refractivity contribution in [1.82, 2.24) is 20.0 Å². The zero-order valence-electron chi connectivity index (χ0n) is 12.1. The Morgan fingerprint density at radius 3 is 2.79 bits per heavy atom. The summed E-state index contributed by atoms with van der Waals surface area (Å²) in [6, 6.07) is 0.253. The molecule has 1 N–H and O–H groups in total. The van der Waals surface area contributed by atoms with Crippen molar-refractivity contribution >= 4 is 11.6 Å². The molecular formula is C13H23ClN4O. The lowest BCUT2D eigenvalue weighted by Crippen LogP contribution is -2.51. The average molecular weight is 287 g/mol. The first-order valence-electron chi connectivity index (χ1n) is 6.68. The number of nitrogens with one attached hydrogen (secondary N) is 1. The first-order chi connectivity index (χ1) is 9.02. The van der Waals surface area contributed by atoms with E-state index in [0.29, 0.717) is 0 Å². The number of likely N-dealkylation sites (N-methyl/N-ethyl adjacent to an activating group) is 2. The normalized spacial score (nSPS) is 22.7. The number of nitrogens with zero attached hydrogens (tertiary/aromatic N) is 3. The number of morpholine rings is 1. The molecule has 0 radical (unpaired) electrons. The second-order valence-electron chi connectivity index (χ2n) is 5.25. The largest absolute Gasteiger partial charge is 0.374 e. The summed E-state index contributed by atoms with van der Waals surface area (Å²) < 4.78 is 7.61. The molecule has 2 unspecified atom stereocenters. The van der Waals surface area contributed by atoms with Crippen LogP contribution >= 0.6 is 11.6 Å². The molecule has 2 atom stereocenters. The molecule has 1 fully saturated rings. The van der Waals surface area contributed by atoms with Gasteiger partial charge in [0.15, 0.2) is 0 Å². The van der Waals surface area contributed by atoms with Gasteiger partial charge in [0.1, 0.15) is 5.15 Å². The van der Waals surface area contributed by atoms with E-state index in [-0.39, 0.29) is 12.1 Å². The molecule has 1 saturated heterocycles. The van der Waals surface area contributed by atoms with E-state index in [1.165, 1.54) is 0 Å². The number of hydrogen-bond donors (Lipinski definition) is 1. The summed E-state index contributed by atoms with van der Waals surface area (Å²) >= 11 is 6.30. The minimum absolute atomic E-state index is 0.194. The molecule has 19 heavy (non-hydrogen) atoms. The lowest BCUT2D eigenvalue weighted by Gasteiger charge is -2.35. The molecule has 0 bridgehead atoms. The van der Waals surface area contributed by atoms with Gasteiger partial charge in [0, 0.05) is 31.7 Å². The number of aryl methyl sites for hydroxylation is 2. The highest BCUT2D eigenvalue weighted by atomic mass is 35.5. The summed E-state index contributed by atoms with van der Waals surface area (Å²) in [4.78, 5) is 2.30. The van der Waals surface area contributed by atoms with Gasteiger partial charge in [-0.25, -0.2) is 0 Å². The molecule has 2 rings (SSSR count). The Morgan fingerprint density at radius 2 is 2.26 bits per heavy atom. The van der Waals surface area contributed by atoms with Crippen LogP contribution in [0.25, 0.3) is 0 Å². The summed E-state index contributed by atoms with van der Waals surface area (Å²) in [5.41, 5.74) is 2.11. The monoisotopic (exact) mass is 286 g/mol. The molecule has 0 aliphatic carbocycles. The van der Waals surface area contributed by atoms with Gasteiger partial charge in [-0.3, -0.25) is 4.68 Å². The minimum atomic E-state index is 0.194. The van der Waals surface area contributed by atoms with E-state index in [1.807, 2.05) is 21.0 Å². The predicted molar refractivity (Wildman–Crippen MR) is 76.7 cm³/mol. The maximum atomic E-state index is 6.30. The predicted octanol–water partition coefficient (Wildman–Crippen LogP) is 0.843. The molecule has 0 amide bonds. The molecule has 1 aromatic heterocycles. The van der Waals surface area contributed by atoms with Gasteiger partial charge < -0.3 is 15.0 Å². The quantitative estimate of drug-likeness (QED) is 0.891. The molecule has 0 saturated carbocycles. The molecule has 0 spiro atoms. The average Bonchev–Trinajstić information content (AvgIpc) is 2.61. The molecule has 1 aromatic rings. The Bertz CT molecular complexity index is 435. The zero-order valence-corrected chi connectivity index (χ0v) is 12.9. The SMILES string of the molecule is CNC(Cc1c(C)nn(C)c1Cl)C1CN(C)CCO1. The Balaban J connectivity index is 2.10. The van der Waals surface area contributed by atoms with Crippen LogP contribution in [-0.4, -0.2) is 60.6 Å². The number of rotatable bonds is 4. The lowest BCUT2D eigenvalue weighted by molar-refractivity contribution is -0.0372. The molecule has 5 nitrogen and oxygen atoms in total. The molecule has 2 heterocycles. The van der Waals surface area contributed by atoms with Crippen LogP contribution in [0.5, 0.6) is 0 Å². The Labute approximate surface area is 119 Å². The van der Waals surface area contributed by atoms with Crippen molar-refractivity contribution in [2.24, 2.45) is 7.05 Å². The summed E-state index contributed by atoms with van der Waals surface area (Å²) in [5, 5.41) is 8.44. The first kappa shape index (κ1) is 14.8. The first-order valence-corrected chi connectivity index (χ1v) is 7.06. The van der Waals surface area contributed by atoms with Crippen molar-refractivity contribution in [3.8, 4) is 0 Å². The van der Waals surface area contributed by atoms with Crippen molar-refractivity contribution in [1.29, 1.82) is 0 Å². The van der Waals surface area contributed by atoms with E-state index in [2.05, 4.69) is 22.4 Å². The highest BCUT2D eigenvalue weighted by molar-refractivity contribution is 6.30. The van der Waals surface area contributed by atoms with Gasteiger partial charge in [0.05, 0.1) is 18.4 Å². The van der Waals surface area contributed by atoms with E-state index in [1.54, 1.807) is 4.68 Å². The molecule has 0 aromatic carbocycles. The van der Waals surface area contributed by atoms with Crippen molar-refractivity contribution in [3.05, 3.63) is 16.4 Å². The third-order valence-electron chi connectivity index (χ3n) is 3.81. The van der Waals surface area contributed by atoms with Gasteiger partial charge >= 0.3 is 0 Å². The molecule has 1 aliphatic heterocycles. The number of ether oxygens (including phenoxy) is 1. The third-order valence-corrected chi connectivity index (χ3v) is 4.28. The van der Waals surface area contributed by atoms with Crippen LogP contribution in [0, 0.1) is 6.92 Å². The highest BCUT2D eigenvalue weighted by Gasteiger charge is 2.27. The fourth-order valence-corrected chi connectivity index (χ4v) is 2.85. The van der Waals surface area contributed by atoms with Crippen LogP contribution in [0.15, 0.2) is 0 Å². The third kappa shape index (κ3) is 3.28. The minimum Gasteiger partial charge on any atom is -0.374 e. The van der Waals surface area contributed by atoms with Gasteiger partial charge in [-0.05, 0) is 27.4 Å². The molecule has 1 aliphatic rings. The molecule has 6 heteroatoms. The van der Waals surface area contributed by atoms with Gasteiger partial charge in [-0.15, -0.1) is 0 Å². The van der Waals surface area contributed by atoms with Gasteiger partial charge in [0.25, 0.3) is 0 Å². The number of aromatic nitrogens is 2. The smallest absolute Gasteiger partial charge is 0.130 e. The topological polar surface area (TPSA) is 42.3 Å². The summed E-state index contributed by atoms with van der Waals surface area (Å²) in [6.07, 6.45) is 1.03. The summed E-state index contributed by atoms with van der Waals surface area (Å²) in [5.74, 6) is 0. The molecular weight excluding hydrogens is 264 g/mol. The van der Waals surface area contributed by atoms with E-state index >= 15 is 0 Å². The second-order valence-corrected chi connectivity index (χ2v) is 5.61.